The Balaban J connectivity index is 2.73. The van der Waals surface area contributed by atoms with Crippen molar-refractivity contribution >= 4 is 28.5 Å². The third kappa shape index (κ3) is 4.27. The maximum absolute atomic E-state index is 12.0. The van der Waals surface area contributed by atoms with Gasteiger partial charge in [-0.2, -0.15) is 0 Å². The van der Waals surface area contributed by atoms with E-state index in [1.165, 1.54) is 0 Å². The van der Waals surface area contributed by atoms with E-state index in [4.69, 9.17) is 0 Å². The van der Waals surface area contributed by atoms with Crippen LogP contribution in [0.4, 0.5) is 0 Å². The van der Waals surface area contributed by atoms with Crippen molar-refractivity contribution in [1.29, 1.82) is 0 Å². The molecule has 0 heterocycles. The molecular formula is C13H18INO2. The van der Waals surface area contributed by atoms with Crippen LogP contribution in [-0.2, 0) is 0 Å². The average Bonchev–Trinajstić information content (AvgIpc) is 2.20. The molecule has 0 radical (unpaired) electrons. The lowest BCUT2D eigenvalue weighted by Gasteiger charge is -2.16. The average molecular weight is 347 g/mol. The fourth-order valence-corrected chi connectivity index (χ4v) is 2.30. The zero-order valence-corrected chi connectivity index (χ0v) is 12.5. The summed E-state index contributed by atoms with van der Waals surface area (Å²) < 4.78 is 0.979. The Hall–Kier alpha value is -0.620. The molecule has 4 heteroatoms. The third-order valence-corrected chi connectivity index (χ3v) is 3.94. The van der Waals surface area contributed by atoms with Crippen molar-refractivity contribution in [3.05, 3.63) is 32.9 Å². The van der Waals surface area contributed by atoms with Crippen LogP contribution in [0.25, 0.3) is 0 Å². The van der Waals surface area contributed by atoms with Crippen LogP contribution in [0.2, 0.25) is 0 Å². The molecule has 0 aliphatic rings. The largest absolute Gasteiger partial charge is 0.393 e. The van der Waals surface area contributed by atoms with E-state index in [9.17, 15) is 9.90 Å². The van der Waals surface area contributed by atoms with Crippen LogP contribution < -0.4 is 5.32 Å². The van der Waals surface area contributed by atoms with E-state index in [1.54, 1.807) is 6.92 Å². The summed E-state index contributed by atoms with van der Waals surface area (Å²) in [6, 6.07) is 5.65. The molecule has 0 aromatic heterocycles. The van der Waals surface area contributed by atoms with Gasteiger partial charge in [0.25, 0.3) is 5.91 Å². The van der Waals surface area contributed by atoms with Crippen LogP contribution in [0.3, 0.4) is 0 Å². The molecule has 0 spiro atoms. The van der Waals surface area contributed by atoms with Crippen molar-refractivity contribution in [1.82, 2.24) is 5.32 Å². The second kappa shape index (κ2) is 6.35. The fourth-order valence-electron chi connectivity index (χ4n) is 1.69. The molecule has 2 atom stereocenters. The normalized spacial score (nSPS) is 14.2. The summed E-state index contributed by atoms with van der Waals surface area (Å²) in [5.41, 5.74) is 1.80. The Labute approximate surface area is 116 Å². The third-order valence-electron chi connectivity index (χ3n) is 2.51. The van der Waals surface area contributed by atoms with E-state index in [0.29, 0.717) is 12.0 Å². The lowest BCUT2D eigenvalue weighted by atomic mass is 10.1. The highest BCUT2D eigenvalue weighted by Gasteiger charge is 2.14. The predicted molar refractivity (Wildman–Crippen MR) is 77.1 cm³/mol. The van der Waals surface area contributed by atoms with Crippen LogP contribution in [0.5, 0.6) is 0 Å². The number of nitrogens with one attached hydrogen (secondary N) is 1. The summed E-state index contributed by atoms with van der Waals surface area (Å²) >= 11 is 2.18. The summed E-state index contributed by atoms with van der Waals surface area (Å²) in [7, 11) is 0. The van der Waals surface area contributed by atoms with Crippen molar-refractivity contribution < 1.29 is 9.90 Å². The number of hydrogen-bond acceptors (Lipinski definition) is 2. The van der Waals surface area contributed by atoms with E-state index < -0.39 is 6.10 Å². The van der Waals surface area contributed by atoms with Gasteiger partial charge in [-0.05, 0) is 61.4 Å². The Bertz CT molecular complexity index is 404. The number of carbonyl (C=O) groups is 1. The van der Waals surface area contributed by atoms with Gasteiger partial charge in [-0.3, -0.25) is 4.79 Å². The quantitative estimate of drug-likeness (QED) is 0.823. The number of carbonyl (C=O) groups excluding carboxylic acids is 1. The van der Waals surface area contributed by atoms with Gasteiger partial charge in [0.1, 0.15) is 0 Å². The predicted octanol–water partition coefficient (Wildman–Crippen LogP) is 2.49. The van der Waals surface area contributed by atoms with Gasteiger partial charge in [0.05, 0.1) is 11.7 Å². The molecule has 0 aliphatic heterocycles. The molecule has 17 heavy (non-hydrogen) atoms. The smallest absolute Gasteiger partial charge is 0.252 e. The summed E-state index contributed by atoms with van der Waals surface area (Å²) in [5, 5.41) is 12.1. The molecule has 1 aromatic rings. The second-order valence-electron chi connectivity index (χ2n) is 4.40. The molecular weight excluding hydrogens is 329 g/mol. The van der Waals surface area contributed by atoms with Crippen LogP contribution in [-0.4, -0.2) is 23.2 Å². The summed E-state index contributed by atoms with van der Waals surface area (Å²) in [5.74, 6) is -0.0775. The van der Waals surface area contributed by atoms with Crippen molar-refractivity contribution in [2.24, 2.45) is 0 Å². The Morgan fingerprint density at radius 1 is 1.47 bits per heavy atom. The van der Waals surface area contributed by atoms with Crippen molar-refractivity contribution in [2.45, 2.75) is 39.3 Å². The molecule has 1 amide bonds. The van der Waals surface area contributed by atoms with Gasteiger partial charge < -0.3 is 10.4 Å². The Kier molecular flexibility index (Phi) is 5.39. The number of aliphatic hydroxyl groups is 1. The highest BCUT2D eigenvalue weighted by atomic mass is 127. The SMILES string of the molecule is Cc1cccc(C(=O)NC(C)CC(C)O)c1I. The van der Waals surface area contributed by atoms with E-state index in [0.717, 1.165) is 9.13 Å². The van der Waals surface area contributed by atoms with Gasteiger partial charge >= 0.3 is 0 Å². The number of amides is 1. The van der Waals surface area contributed by atoms with E-state index >= 15 is 0 Å². The molecule has 0 saturated heterocycles. The zero-order chi connectivity index (χ0) is 13.0. The first-order valence-corrected chi connectivity index (χ1v) is 6.73. The lowest BCUT2D eigenvalue weighted by Crippen LogP contribution is -2.35. The van der Waals surface area contributed by atoms with Gasteiger partial charge in [0.2, 0.25) is 0 Å². The first-order chi connectivity index (χ1) is 7.91. The minimum absolute atomic E-state index is 0.0289. The lowest BCUT2D eigenvalue weighted by molar-refractivity contribution is 0.0922. The second-order valence-corrected chi connectivity index (χ2v) is 5.47. The Morgan fingerprint density at radius 2 is 2.12 bits per heavy atom. The standard InChI is InChI=1S/C13H18INO2/c1-8-5-4-6-11(12(8)14)13(17)15-9(2)7-10(3)16/h4-6,9-10,16H,7H2,1-3H3,(H,15,17). The van der Waals surface area contributed by atoms with E-state index in [2.05, 4.69) is 27.9 Å². The van der Waals surface area contributed by atoms with Crippen molar-refractivity contribution in [2.75, 3.05) is 0 Å². The molecule has 0 bridgehead atoms. The maximum atomic E-state index is 12.0. The summed E-state index contributed by atoms with van der Waals surface area (Å²) in [6.07, 6.45) is 0.163. The first-order valence-electron chi connectivity index (χ1n) is 5.66. The number of benzene rings is 1. The fraction of sp³-hybridized carbons (Fsp3) is 0.462. The molecule has 2 N–H and O–H groups in total. The van der Waals surface area contributed by atoms with Crippen LogP contribution >= 0.6 is 22.6 Å². The van der Waals surface area contributed by atoms with Gasteiger partial charge in [-0.1, -0.05) is 12.1 Å². The van der Waals surface area contributed by atoms with Crippen LogP contribution in [0.15, 0.2) is 18.2 Å². The van der Waals surface area contributed by atoms with Gasteiger partial charge in [-0.15, -0.1) is 0 Å². The van der Waals surface area contributed by atoms with E-state index in [-0.39, 0.29) is 11.9 Å². The zero-order valence-electron chi connectivity index (χ0n) is 10.3. The van der Waals surface area contributed by atoms with E-state index in [1.807, 2.05) is 32.0 Å². The summed E-state index contributed by atoms with van der Waals surface area (Å²) in [4.78, 5) is 12.0. The van der Waals surface area contributed by atoms with Gasteiger partial charge in [0.15, 0.2) is 0 Å². The molecule has 0 saturated carbocycles. The van der Waals surface area contributed by atoms with Gasteiger partial charge in [-0.25, -0.2) is 0 Å². The first kappa shape index (κ1) is 14.4. The van der Waals surface area contributed by atoms with Crippen LogP contribution in [0, 0.1) is 10.5 Å². The molecule has 1 aromatic carbocycles. The topological polar surface area (TPSA) is 49.3 Å². The van der Waals surface area contributed by atoms with Crippen molar-refractivity contribution in [3.8, 4) is 0 Å². The number of aliphatic hydroxyl groups excluding tert-OH is 1. The number of rotatable bonds is 4. The minimum atomic E-state index is -0.401. The minimum Gasteiger partial charge on any atom is -0.393 e. The number of halogens is 1. The molecule has 94 valence electrons. The Morgan fingerprint density at radius 3 is 2.71 bits per heavy atom. The highest BCUT2D eigenvalue weighted by Crippen LogP contribution is 2.16. The molecule has 0 aliphatic carbocycles. The maximum Gasteiger partial charge on any atom is 0.252 e. The molecule has 2 unspecified atom stereocenters. The summed E-state index contributed by atoms with van der Waals surface area (Å²) in [6.45, 7) is 5.60. The van der Waals surface area contributed by atoms with Crippen molar-refractivity contribution in [3.63, 3.8) is 0 Å². The molecule has 0 fully saturated rings. The monoisotopic (exact) mass is 347 g/mol. The molecule has 1 rings (SSSR count). The van der Waals surface area contributed by atoms with Crippen LogP contribution in [0.1, 0.15) is 36.2 Å². The highest BCUT2D eigenvalue weighted by molar-refractivity contribution is 14.1. The number of aryl methyl sites for hydroxylation is 1. The molecule has 3 nitrogen and oxygen atoms in total. The van der Waals surface area contributed by atoms with Gasteiger partial charge in [0, 0.05) is 9.61 Å². The number of hydrogen-bond donors (Lipinski definition) is 2.